The van der Waals surface area contributed by atoms with E-state index in [1.807, 2.05) is 0 Å². The summed E-state index contributed by atoms with van der Waals surface area (Å²) in [5, 5.41) is 9.54. The van der Waals surface area contributed by atoms with Crippen molar-refractivity contribution in [2.24, 2.45) is 0 Å². The molecule has 0 amide bonds. The molecular formula is C62H40N2O. The Morgan fingerprint density at radius 2 is 0.831 bits per heavy atom. The third-order valence-corrected chi connectivity index (χ3v) is 13.2. The van der Waals surface area contributed by atoms with Gasteiger partial charge in [0.2, 0.25) is 0 Å². The van der Waals surface area contributed by atoms with Crippen LogP contribution in [0.2, 0.25) is 0 Å². The van der Waals surface area contributed by atoms with Crippen molar-refractivity contribution in [3.05, 3.63) is 243 Å². The number of furan rings is 1. The Kier molecular flexibility index (Phi) is 8.53. The van der Waals surface area contributed by atoms with Gasteiger partial charge in [-0.25, -0.2) is 0 Å². The van der Waals surface area contributed by atoms with E-state index in [1.54, 1.807) is 0 Å². The molecule has 304 valence electrons. The van der Waals surface area contributed by atoms with Crippen molar-refractivity contribution in [1.82, 2.24) is 4.57 Å². The Morgan fingerprint density at radius 3 is 1.52 bits per heavy atom. The number of fused-ring (bicyclic) bond motifs is 9. The zero-order valence-corrected chi connectivity index (χ0v) is 35.4. The lowest BCUT2D eigenvalue weighted by Crippen LogP contribution is -2.09. The zero-order valence-electron chi connectivity index (χ0n) is 35.4. The number of nitrogens with zero attached hydrogens (tertiary/aromatic N) is 2. The van der Waals surface area contributed by atoms with Gasteiger partial charge in [0.15, 0.2) is 0 Å². The summed E-state index contributed by atoms with van der Waals surface area (Å²) in [5.74, 6) is 0. The highest BCUT2D eigenvalue weighted by Crippen LogP contribution is 2.42. The highest BCUT2D eigenvalue weighted by atomic mass is 16.3. The van der Waals surface area contributed by atoms with E-state index >= 15 is 0 Å². The van der Waals surface area contributed by atoms with Gasteiger partial charge in [-0.1, -0.05) is 170 Å². The highest BCUT2D eigenvalue weighted by Gasteiger charge is 2.18. The average molecular weight is 829 g/mol. The lowest BCUT2D eigenvalue weighted by atomic mass is 9.96. The zero-order chi connectivity index (χ0) is 42.8. The number of rotatable bonds is 7. The molecule has 0 saturated heterocycles. The Labute approximate surface area is 376 Å². The lowest BCUT2D eigenvalue weighted by molar-refractivity contribution is 0.672. The molecule has 0 N–H and O–H groups in total. The summed E-state index contributed by atoms with van der Waals surface area (Å²) in [4.78, 5) is 2.35. The number of benzene rings is 11. The second kappa shape index (κ2) is 15.0. The van der Waals surface area contributed by atoms with Crippen LogP contribution in [0.1, 0.15) is 0 Å². The monoisotopic (exact) mass is 828 g/mol. The summed E-state index contributed by atoms with van der Waals surface area (Å²) in [6, 6.07) is 87.7. The fourth-order valence-corrected chi connectivity index (χ4v) is 10.0. The Bertz CT molecular complexity index is 3870. The van der Waals surface area contributed by atoms with Crippen LogP contribution in [0.25, 0.3) is 104 Å². The largest absolute Gasteiger partial charge is 0.455 e. The van der Waals surface area contributed by atoms with Gasteiger partial charge in [0, 0.05) is 49.7 Å². The van der Waals surface area contributed by atoms with Crippen LogP contribution in [0, 0.1) is 0 Å². The summed E-state index contributed by atoms with van der Waals surface area (Å²) in [7, 11) is 0. The van der Waals surface area contributed by atoms with Crippen LogP contribution < -0.4 is 4.90 Å². The predicted octanol–water partition coefficient (Wildman–Crippen LogP) is 17.5. The third kappa shape index (κ3) is 6.20. The predicted molar refractivity (Wildman–Crippen MR) is 274 cm³/mol. The summed E-state index contributed by atoms with van der Waals surface area (Å²) >= 11 is 0. The maximum absolute atomic E-state index is 6.56. The Balaban J connectivity index is 0.886. The molecule has 0 fully saturated rings. The summed E-state index contributed by atoms with van der Waals surface area (Å²) in [6.07, 6.45) is 0. The van der Waals surface area contributed by atoms with Crippen molar-refractivity contribution >= 4 is 82.4 Å². The topological polar surface area (TPSA) is 21.3 Å². The quantitative estimate of drug-likeness (QED) is 0.160. The summed E-state index contributed by atoms with van der Waals surface area (Å²) < 4.78 is 8.94. The Hall–Kier alpha value is -8.66. The molecule has 2 aromatic heterocycles. The van der Waals surface area contributed by atoms with Crippen molar-refractivity contribution in [2.45, 2.75) is 0 Å². The van der Waals surface area contributed by atoms with Crippen LogP contribution >= 0.6 is 0 Å². The summed E-state index contributed by atoms with van der Waals surface area (Å²) in [6.45, 7) is 0. The minimum absolute atomic E-state index is 0.876. The molecule has 0 aliphatic carbocycles. The molecule has 11 aromatic carbocycles. The van der Waals surface area contributed by atoms with Crippen LogP contribution in [0.3, 0.4) is 0 Å². The van der Waals surface area contributed by atoms with E-state index in [1.165, 1.54) is 60.2 Å². The molecular weight excluding hydrogens is 789 g/mol. The molecule has 2 heterocycles. The van der Waals surface area contributed by atoms with Gasteiger partial charge in [0.25, 0.3) is 0 Å². The first-order valence-corrected chi connectivity index (χ1v) is 22.2. The van der Waals surface area contributed by atoms with Crippen molar-refractivity contribution in [1.29, 1.82) is 0 Å². The number of anilines is 3. The lowest BCUT2D eigenvalue weighted by Gasteiger charge is -2.26. The van der Waals surface area contributed by atoms with Gasteiger partial charge in [-0.15, -0.1) is 0 Å². The minimum atomic E-state index is 0.876. The fraction of sp³-hybridized carbons (Fsp3) is 0. The molecule has 3 nitrogen and oxygen atoms in total. The van der Waals surface area contributed by atoms with E-state index in [4.69, 9.17) is 4.42 Å². The van der Waals surface area contributed by atoms with Crippen molar-refractivity contribution in [3.63, 3.8) is 0 Å². The van der Waals surface area contributed by atoms with Crippen molar-refractivity contribution < 1.29 is 4.42 Å². The highest BCUT2D eigenvalue weighted by molar-refractivity contribution is 6.16. The number of hydrogen-bond donors (Lipinski definition) is 0. The van der Waals surface area contributed by atoms with E-state index < -0.39 is 0 Å². The van der Waals surface area contributed by atoms with Crippen LogP contribution in [-0.4, -0.2) is 4.57 Å². The second-order valence-corrected chi connectivity index (χ2v) is 16.9. The van der Waals surface area contributed by atoms with Gasteiger partial charge in [-0.05, 0) is 122 Å². The van der Waals surface area contributed by atoms with Gasteiger partial charge in [-0.3, -0.25) is 0 Å². The van der Waals surface area contributed by atoms with E-state index in [9.17, 15) is 0 Å². The molecule has 0 aliphatic rings. The molecule has 0 saturated carbocycles. The van der Waals surface area contributed by atoms with Crippen LogP contribution in [0.4, 0.5) is 17.1 Å². The number of para-hydroxylation sites is 2. The minimum Gasteiger partial charge on any atom is -0.455 e. The smallest absolute Gasteiger partial charge is 0.143 e. The van der Waals surface area contributed by atoms with Crippen LogP contribution in [0.15, 0.2) is 247 Å². The maximum atomic E-state index is 6.56. The first-order chi connectivity index (χ1) is 32.2. The van der Waals surface area contributed by atoms with E-state index in [-0.39, 0.29) is 0 Å². The van der Waals surface area contributed by atoms with E-state index in [0.717, 1.165) is 61.2 Å². The first kappa shape index (κ1) is 36.9. The van der Waals surface area contributed by atoms with Crippen molar-refractivity contribution in [2.75, 3.05) is 4.90 Å². The van der Waals surface area contributed by atoms with Gasteiger partial charge >= 0.3 is 0 Å². The molecule has 0 radical (unpaired) electrons. The number of hydrogen-bond acceptors (Lipinski definition) is 2. The van der Waals surface area contributed by atoms with Gasteiger partial charge in [0.1, 0.15) is 11.2 Å². The molecule has 0 atom stereocenters. The molecule has 65 heavy (non-hydrogen) atoms. The standard InChI is InChI=1S/C62H40N2O/c1-3-16-52-44(11-1)13-10-20-53(52)46-25-23-41(24-26-46)42-27-32-48(33-28-42)63(51-36-38-61-58(40-51)57-37-31-45-12-2-4-17-54(45)62(57)65-61)49-34-29-43(30-35-49)47-14-9-15-50(39-47)64-59-21-7-5-18-55(59)56-19-6-8-22-60(56)64/h1-40H. The van der Waals surface area contributed by atoms with Crippen LogP contribution in [-0.2, 0) is 0 Å². The molecule has 3 heteroatoms. The molecule has 0 unspecified atom stereocenters. The van der Waals surface area contributed by atoms with Crippen molar-refractivity contribution in [3.8, 4) is 39.1 Å². The second-order valence-electron chi connectivity index (χ2n) is 16.9. The van der Waals surface area contributed by atoms with Crippen LogP contribution in [0.5, 0.6) is 0 Å². The van der Waals surface area contributed by atoms with E-state index in [2.05, 4.69) is 252 Å². The average Bonchev–Trinajstić information content (AvgIpc) is 3.93. The molecule has 0 spiro atoms. The molecule has 13 rings (SSSR count). The summed E-state index contributed by atoms with van der Waals surface area (Å²) in [5.41, 5.74) is 15.7. The molecule has 0 aliphatic heterocycles. The van der Waals surface area contributed by atoms with Gasteiger partial charge in [0.05, 0.1) is 11.0 Å². The van der Waals surface area contributed by atoms with E-state index in [0.29, 0.717) is 0 Å². The molecule has 13 aromatic rings. The SMILES string of the molecule is c1cc(-c2ccc(N(c3ccc(-c4ccc(-c5cccc6ccccc56)cc4)cc3)c3ccc4oc5c6ccccc6ccc5c4c3)cc2)cc(-n2c3ccccc3c3ccccc32)c1. The van der Waals surface area contributed by atoms with Gasteiger partial charge < -0.3 is 13.9 Å². The normalized spacial score (nSPS) is 11.7. The fourth-order valence-electron chi connectivity index (χ4n) is 10.0. The Morgan fingerprint density at radius 1 is 0.308 bits per heavy atom. The first-order valence-electron chi connectivity index (χ1n) is 22.2. The maximum Gasteiger partial charge on any atom is 0.143 e. The molecule has 0 bridgehead atoms. The van der Waals surface area contributed by atoms with Gasteiger partial charge in [-0.2, -0.15) is 0 Å². The number of aromatic nitrogens is 1. The third-order valence-electron chi connectivity index (χ3n) is 13.2.